The van der Waals surface area contributed by atoms with E-state index in [0.29, 0.717) is 18.5 Å². The molecule has 0 amide bonds. The fourth-order valence-corrected chi connectivity index (χ4v) is 2.65. The molecule has 0 aromatic heterocycles. The summed E-state index contributed by atoms with van der Waals surface area (Å²) in [6.07, 6.45) is 0.994. The highest BCUT2D eigenvalue weighted by atomic mass is 19.1. The summed E-state index contributed by atoms with van der Waals surface area (Å²) in [5.41, 5.74) is -0.551. The lowest BCUT2D eigenvalue weighted by Crippen LogP contribution is -2.48. The number of rotatable bonds is 7. The summed E-state index contributed by atoms with van der Waals surface area (Å²) in [7, 11) is 0. The van der Waals surface area contributed by atoms with Gasteiger partial charge in [0.05, 0.1) is 0 Å². The van der Waals surface area contributed by atoms with Crippen LogP contribution in [0, 0.1) is 17.7 Å². The molecule has 0 aliphatic carbocycles. The van der Waals surface area contributed by atoms with E-state index in [-0.39, 0.29) is 17.7 Å². The highest BCUT2D eigenvalue weighted by Crippen LogP contribution is 2.30. The van der Waals surface area contributed by atoms with E-state index in [2.05, 4.69) is 5.32 Å². The zero-order valence-corrected chi connectivity index (χ0v) is 12.6. The van der Waals surface area contributed by atoms with Crippen LogP contribution < -0.4 is 5.32 Å². The maximum Gasteiger partial charge on any atom is 0.329 e. The second kappa shape index (κ2) is 6.73. The van der Waals surface area contributed by atoms with Gasteiger partial charge in [-0.1, -0.05) is 33.8 Å². The van der Waals surface area contributed by atoms with Crippen molar-refractivity contribution in [2.24, 2.45) is 11.8 Å². The van der Waals surface area contributed by atoms with Gasteiger partial charge in [-0.3, -0.25) is 0 Å². The molecule has 4 heteroatoms. The fourth-order valence-electron chi connectivity index (χ4n) is 2.65. The summed E-state index contributed by atoms with van der Waals surface area (Å²) >= 11 is 0. The highest BCUT2D eigenvalue weighted by molar-refractivity contribution is 5.82. The molecule has 0 aliphatic rings. The average Bonchev–Trinajstić information content (AvgIpc) is 2.26. The Morgan fingerprint density at radius 3 is 2.20 bits per heavy atom. The molecule has 20 heavy (non-hydrogen) atoms. The van der Waals surface area contributed by atoms with Crippen LogP contribution in [-0.2, 0) is 4.79 Å². The third-order valence-electron chi connectivity index (χ3n) is 3.13. The first kappa shape index (κ1) is 16.5. The monoisotopic (exact) mass is 281 g/mol. The van der Waals surface area contributed by atoms with Crippen LogP contribution in [0.15, 0.2) is 24.3 Å². The van der Waals surface area contributed by atoms with Gasteiger partial charge < -0.3 is 10.4 Å². The van der Waals surface area contributed by atoms with E-state index < -0.39 is 11.5 Å². The first-order valence-electron chi connectivity index (χ1n) is 7.02. The van der Waals surface area contributed by atoms with Gasteiger partial charge in [0.1, 0.15) is 11.4 Å². The van der Waals surface area contributed by atoms with E-state index in [4.69, 9.17) is 0 Å². The minimum Gasteiger partial charge on any atom is -0.480 e. The van der Waals surface area contributed by atoms with Crippen molar-refractivity contribution in [3.05, 3.63) is 30.1 Å². The molecule has 0 heterocycles. The van der Waals surface area contributed by atoms with E-state index in [0.717, 1.165) is 0 Å². The second-order valence-electron chi connectivity index (χ2n) is 6.22. The first-order valence-corrected chi connectivity index (χ1v) is 7.02. The largest absolute Gasteiger partial charge is 0.480 e. The predicted octanol–water partition coefficient (Wildman–Crippen LogP) is 4.15. The lowest BCUT2D eigenvalue weighted by Gasteiger charge is -2.34. The molecule has 0 saturated carbocycles. The second-order valence-corrected chi connectivity index (χ2v) is 6.22. The predicted molar refractivity (Wildman–Crippen MR) is 79.3 cm³/mol. The number of benzene rings is 1. The van der Waals surface area contributed by atoms with E-state index in [1.807, 2.05) is 27.7 Å². The van der Waals surface area contributed by atoms with E-state index >= 15 is 0 Å². The summed E-state index contributed by atoms with van der Waals surface area (Å²) < 4.78 is 13.3. The number of hydrogen-bond donors (Lipinski definition) is 2. The minimum absolute atomic E-state index is 0.228. The quantitative estimate of drug-likeness (QED) is 0.789. The molecule has 0 spiro atoms. The van der Waals surface area contributed by atoms with Crippen molar-refractivity contribution in [3.8, 4) is 0 Å². The molecular weight excluding hydrogens is 257 g/mol. The molecule has 0 fully saturated rings. The molecule has 0 aliphatic heterocycles. The molecular formula is C16H24FNO2. The Balaban J connectivity index is 3.10. The van der Waals surface area contributed by atoms with Gasteiger partial charge in [-0.05, 0) is 42.9 Å². The van der Waals surface area contributed by atoms with Crippen molar-refractivity contribution in [1.29, 1.82) is 0 Å². The van der Waals surface area contributed by atoms with Gasteiger partial charge >= 0.3 is 5.97 Å². The lowest BCUT2D eigenvalue weighted by atomic mass is 9.81. The zero-order valence-electron chi connectivity index (χ0n) is 12.6. The molecule has 0 radical (unpaired) electrons. The maximum absolute atomic E-state index is 13.3. The Kier molecular flexibility index (Phi) is 5.54. The standard InChI is InChI=1S/C16H24FNO2/c1-11(2)9-16(15(19)20,10-12(3)4)18-14-7-5-6-13(17)8-14/h5-8,11-12,18H,9-10H2,1-4H3,(H,19,20). The van der Waals surface area contributed by atoms with Crippen LogP contribution in [-0.4, -0.2) is 16.6 Å². The molecule has 1 aromatic carbocycles. The Morgan fingerprint density at radius 2 is 1.80 bits per heavy atom. The average molecular weight is 281 g/mol. The van der Waals surface area contributed by atoms with Crippen molar-refractivity contribution in [2.45, 2.75) is 46.1 Å². The fraction of sp³-hybridized carbons (Fsp3) is 0.562. The van der Waals surface area contributed by atoms with Gasteiger partial charge in [0.2, 0.25) is 0 Å². The van der Waals surface area contributed by atoms with Crippen LogP contribution >= 0.6 is 0 Å². The van der Waals surface area contributed by atoms with Gasteiger partial charge in [0, 0.05) is 5.69 Å². The number of carboxylic acids is 1. The van der Waals surface area contributed by atoms with Crippen LogP contribution in [0.3, 0.4) is 0 Å². The van der Waals surface area contributed by atoms with Crippen molar-refractivity contribution >= 4 is 11.7 Å². The molecule has 0 saturated heterocycles. The van der Waals surface area contributed by atoms with E-state index in [1.165, 1.54) is 12.1 Å². The number of aliphatic carboxylic acids is 1. The topological polar surface area (TPSA) is 49.3 Å². The molecule has 0 atom stereocenters. The Hall–Kier alpha value is -1.58. The Bertz CT molecular complexity index is 448. The van der Waals surface area contributed by atoms with Crippen LogP contribution in [0.4, 0.5) is 10.1 Å². The van der Waals surface area contributed by atoms with E-state index in [9.17, 15) is 14.3 Å². The number of nitrogens with one attached hydrogen (secondary N) is 1. The van der Waals surface area contributed by atoms with Gasteiger partial charge in [-0.25, -0.2) is 9.18 Å². The molecule has 3 nitrogen and oxygen atoms in total. The van der Waals surface area contributed by atoms with Crippen LogP contribution in [0.2, 0.25) is 0 Å². The molecule has 0 bridgehead atoms. The summed E-state index contributed by atoms with van der Waals surface area (Å²) in [5.74, 6) is -0.802. The van der Waals surface area contributed by atoms with Crippen molar-refractivity contribution in [3.63, 3.8) is 0 Å². The van der Waals surface area contributed by atoms with E-state index in [1.54, 1.807) is 12.1 Å². The van der Waals surface area contributed by atoms with Gasteiger partial charge in [0.25, 0.3) is 0 Å². The third kappa shape index (κ3) is 4.51. The van der Waals surface area contributed by atoms with Crippen molar-refractivity contribution in [1.82, 2.24) is 0 Å². The summed E-state index contributed by atoms with van der Waals surface area (Å²) in [5, 5.41) is 12.8. The minimum atomic E-state index is -1.06. The number of carbonyl (C=O) groups is 1. The first-order chi connectivity index (χ1) is 9.25. The van der Waals surface area contributed by atoms with Gasteiger partial charge in [-0.2, -0.15) is 0 Å². The van der Waals surface area contributed by atoms with Crippen LogP contribution in [0.1, 0.15) is 40.5 Å². The zero-order chi connectivity index (χ0) is 15.3. The highest BCUT2D eigenvalue weighted by Gasteiger charge is 2.39. The molecule has 1 aromatic rings. The van der Waals surface area contributed by atoms with Crippen LogP contribution in [0.5, 0.6) is 0 Å². The number of carboxylic acid groups (broad SMARTS) is 1. The molecule has 1 rings (SSSR count). The lowest BCUT2D eigenvalue weighted by molar-refractivity contribution is -0.143. The van der Waals surface area contributed by atoms with Crippen molar-refractivity contribution in [2.75, 3.05) is 5.32 Å². The third-order valence-corrected chi connectivity index (χ3v) is 3.13. The number of hydrogen-bond acceptors (Lipinski definition) is 2. The summed E-state index contributed by atoms with van der Waals surface area (Å²) in [4.78, 5) is 11.8. The SMILES string of the molecule is CC(C)CC(CC(C)C)(Nc1cccc(F)c1)C(=O)O. The molecule has 0 unspecified atom stereocenters. The Morgan fingerprint density at radius 1 is 1.25 bits per heavy atom. The summed E-state index contributed by atoms with van der Waals surface area (Å²) in [6.45, 7) is 7.97. The van der Waals surface area contributed by atoms with Crippen molar-refractivity contribution < 1.29 is 14.3 Å². The summed E-state index contributed by atoms with van der Waals surface area (Å²) in [6, 6.07) is 5.95. The van der Waals surface area contributed by atoms with Crippen LogP contribution in [0.25, 0.3) is 0 Å². The van der Waals surface area contributed by atoms with Gasteiger partial charge in [-0.15, -0.1) is 0 Å². The number of halogens is 1. The van der Waals surface area contributed by atoms with Gasteiger partial charge in [0.15, 0.2) is 0 Å². The molecule has 112 valence electrons. The maximum atomic E-state index is 13.3. The number of anilines is 1. The normalized spacial score (nSPS) is 11.9. The Labute approximate surface area is 120 Å². The smallest absolute Gasteiger partial charge is 0.329 e. The molecule has 2 N–H and O–H groups in total.